The van der Waals surface area contributed by atoms with Gasteiger partial charge in [0.1, 0.15) is 17.3 Å². The number of ether oxygens (including phenoxy) is 1. The van der Waals surface area contributed by atoms with Crippen LogP contribution < -0.4 is 9.64 Å². The van der Waals surface area contributed by atoms with Gasteiger partial charge in [-0.2, -0.15) is 0 Å². The molecule has 1 aliphatic heterocycles. The minimum atomic E-state index is 0.0339. The van der Waals surface area contributed by atoms with Crippen molar-refractivity contribution in [3.05, 3.63) is 58.1 Å². The number of nitrogens with one attached hydrogen (secondary N) is 1. The molecule has 1 amide bonds. The highest BCUT2D eigenvalue weighted by Gasteiger charge is 2.24. The number of aromatic nitrogens is 1. The van der Waals surface area contributed by atoms with E-state index in [0.717, 1.165) is 48.8 Å². The first-order valence-corrected chi connectivity index (χ1v) is 10.6. The number of para-hydroxylation sites is 1. The largest absolute Gasteiger partial charge is 0.484 e. The van der Waals surface area contributed by atoms with Crippen molar-refractivity contribution in [1.82, 2.24) is 9.88 Å². The summed E-state index contributed by atoms with van der Waals surface area (Å²) in [5.74, 6) is 0.710. The van der Waals surface area contributed by atoms with Crippen LogP contribution in [0.1, 0.15) is 10.6 Å². The summed E-state index contributed by atoms with van der Waals surface area (Å²) in [6.07, 6.45) is 0. The molecule has 4 rings (SSSR count). The number of carbonyl (C=O) groups is 1. The number of quaternary nitrogens is 1. The third-order valence-electron chi connectivity index (χ3n) is 5.05. The Labute approximate surface area is 173 Å². The number of nitrogens with zero attached hydrogens (tertiary/aromatic N) is 2. The molecule has 28 heavy (non-hydrogen) atoms. The van der Waals surface area contributed by atoms with E-state index in [1.807, 2.05) is 24.0 Å². The first-order chi connectivity index (χ1) is 13.6. The van der Waals surface area contributed by atoms with Gasteiger partial charge in [-0.25, -0.2) is 4.98 Å². The molecule has 0 aliphatic carbocycles. The van der Waals surface area contributed by atoms with Gasteiger partial charge in [0, 0.05) is 5.02 Å². The van der Waals surface area contributed by atoms with E-state index >= 15 is 0 Å². The second-order valence-electron chi connectivity index (χ2n) is 7.08. The van der Waals surface area contributed by atoms with Gasteiger partial charge in [0.15, 0.2) is 6.61 Å². The van der Waals surface area contributed by atoms with Crippen LogP contribution in [0.4, 0.5) is 0 Å². The van der Waals surface area contributed by atoms with Crippen LogP contribution >= 0.6 is 22.9 Å². The minimum absolute atomic E-state index is 0.0339. The highest BCUT2D eigenvalue weighted by Crippen LogP contribution is 2.22. The Kier molecular flexibility index (Phi) is 5.80. The number of amides is 1. The van der Waals surface area contributed by atoms with E-state index in [0.29, 0.717) is 10.8 Å². The van der Waals surface area contributed by atoms with E-state index in [2.05, 4.69) is 18.2 Å². The van der Waals surface area contributed by atoms with Crippen LogP contribution in [-0.2, 0) is 11.3 Å². The monoisotopic (exact) mass is 416 g/mol. The zero-order valence-corrected chi connectivity index (χ0v) is 17.4. The molecule has 1 aromatic heterocycles. The van der Waals surface area contributed by atoms with E-state index in [1.165, 1.54) is 9.60 Å². The van der Waals surface area contributed by atoms with Crippen molar-refractivity contribution in [2.45, 2.75) is 13.5 Å². The lowest BCUT2D eigenvalue weighted by Gasteiger charge is -2.31. The van der Waals surface area contributed by atoms with Crippen molar-refractivity contribution in [2.75, 3.05) is 32.8 Å². The number of benzene rings is 2. The SMILES string of the molecule is Cc1cc(OCC(=O)N2CC[NH+](Cc3nc4ccccc4s3)CC2)ccc1Cl. The maximum Gasteiger partial charge on any atom is 0.260 e. The lowest BCUT2D eigenvalue weighted by Crippen LogP contribution is -3.13. The summed E-state index contributed by atoms with van der Waals surface area (Å²) in [4.78, 5) is 20.5. The second-order valence-corrected chi connectivity index (χ2v) is 8.60. The maximum atomic E-state index is 12.5. The first-order valence-electron chi connectivity index (χ1n) is 9.43. The molecule has 7 heteroatoms. The van der Waals surface area contributed by atoms with Crippen LogP contribution in [0.5, 0.6) is 5.75 Å². The van der Waals surface area contributed by atoms with Gasteiger partial charge >= 0.3 is 0 Å². The van der Waals surface area contributed by atoms with Gasteiger partial charge in [0.25, 0.3) is 5.91 Å². The van der Waals surface area contributed by atoms with E-state index in [9.17, 15) is 4.79 Å². The molecule has 146 valence electrons. The summed E-state index contributed by atoms with van der Waals surface area (Å²) in [7, 11) is 0. The van der Waals surface area contributed by atoms with Crippen molar-refractivity contribution < 1.29 is 14.4 Å². The summed E-state index contributed by atoms with van der Waals surface area (Å²) in [6, 6.07) is 13.7. The predicted molar refractivity (Wildman–Crippen MR) is 112 cm³/mol. The van der Waals surface area contributed by atoms with Gasteiger partial charge in [-0.15, -0.1) is 11.3 Å². The molecule has 2 aromatic carbocycles. The quantitative estimate of drug-likeness (QED) is 0.695. The number of halogens is 1. The highest BCUT2D eigenvalue weighted by atomic mass is 35.5. The summed E-state index contributed by atoms with van der Waals surface area (Å²) in [5.41, 5.74) is 2.02. The van der Waals surface area contributed by atoms with Crippen LogP contribution in [0.25, 0.3) is 10.2 Å². The first kappa shape index (κ1) is 19.2. The molecule has 0 atom stereocenters. The highest BCUT2D eigenvalue weighted by molar-refractivity contribution is 7.18. The number of carbonyl (C=O) groups excluding carboxylic acids is 1. The Morgan fingerprint density at radius 1 is 1.25 bits per heavy atom. The second kappa shape index (κ2) is 8.47. The smallest absolute Gasteiger partial charge is 0.260 e. The third kappa shape index (κ3) is 4.46. The number of hydrogen-bond acceptors (Lipinski definition) is 4. The lowest BCUT2D eigenvalue weighted by atomic mass is 10.2. The van der Waals surface area contributed by atoms with Crippen LogP contribution in [-0.4, -0.2) is 48.6 Å². The Hall–Kier alpha value is -2.15. The lowest BCUT2D eigenvalue weighted by molar-refractivity contribution is -0.917. The molecule has 1 fully saturated rings. The summed E-state index contributed by atoms with van der Waals surface area (Å²) in [5, 5.41) is 1.86. The zero-order valence-electron chi connectivity index (χ0n) is 15.8. The third-order valence-corrected chi connectivity index (χ3v) is 6.51. The van der Waals surface area contributed by atoms with Gasteiger partial charge in [-0.1, -0.05) is 23.7 Å². The van der Waals surface area contributed by atoms with Crippen molar-refractivity contribution in [3.8, 4) is 5.75 Å². The average Bonchev–Trinajstić information content (AvgIpc) is 3.11. The molecule has 0 spiro atoms. The Morgan fingerprint density at radius 2 is 2.04 bits per heavy atom. The van der Waals surface area contributed by atoms with E-state index in [4.69, 9.17) is 21.3 Å². The molecule has 3 aromatic rings. The molecule has 5 nitrogen and oxygen atoms in total. The van der Waals surface area contributed by atoms with Crippen molar-refractivity contribution >= 4 is 39.1 Å². The Morgan fingerprint density at radius 3 is 2.79 bits per heavy atom. The normalized spacial score (nSPS) is 15.1. The average molecular weight is 417 g/mol. The van der Waals surface area contributed by atoms with Crippen molar-refractivity contribution in [3.63, 3.8) is 0 Å². The van der Waals surface area contributed by atoms with Crippen molar-refractivity contribution in [1.29, 1.82) is 0 Å². The van der Waals surface area contributed by atoms with Gasteiger partial charge in [0.2, 0.25) is 0 Å². The van der Waals surface area contributed by atoms with Gasteiger partial charge < -0.3 is 14.5 Å². The molecule has 1 N–H and O–H groups in total. The van der Waals surface area contributed by atoms with Crippen molar-refractivity contribution in [2.24, 2.45) is 0 Å². The topological polar surface area (TPSA) is 46.9 Å². The number of piperazine rings is 1. The fourth-order valence-electron chi connectivity index (χ4n) is 3.40. The molecular formula is C21H23ClN3O2S+. The Balaban J connectivity index is 1.26. The summed E-state index contributed by atoms with van der Waals surface area (Å²) in [6.45, 7) is 6.27. The number of rotatable bonds is 5. The van der Waals surface area contributed by atoms with Crippen LogP contribution in [0.2, 0.25) is 5.02 Å². The number of fused-ring (bicyclic) bond motifs is 1. The van der Waals surface area contributed by atoms with Crippen LogP contribution in [0, 0.1) is 6.92 Å². The number of thiazole rings is 1. The predicted octanol–water partition coefficient (Wildman–Crippen LogP) is 2.56. The number of aryl methyl sites for hydroxylation is 1. The van der Waals surface area contributed by atoms with Crippen LogP contribution in [0.3, 0.4) is 0 Å². The molecule has 2 heterocycles. The standard InChI is InChI=1S/C21H22ClN3O2S/c1-15-12-16(6-7-17(15)22)27-14-21(26)25-10-8-24(9-11-25)13-20-23-18-4-2-3-5-19(18)28-20/h2-7,12H,8-11,13-14H2,1H3/p+1. The maximum absolute atomic E-state index is 12.5. The molecule has 1 aliphatic rings. The molecule has 0 unspecified atom stereocenters. The minimum Gasteiger partial charge on any atom is -0.484 e. The molecule has 0 bridgehead atoms. The van der Waals surface area contributed by atoms with E-state index in [1.54, 1.807) is 23.5 Å². The molecular weight excluding hydrogens is 394 g/mol. The van der Waals surface area contributed by atoms with E-state index in [-0.39, 0.29) is 12.5 Å². The molecule has 0 saturated carbocycles. The zero-order chi connectivity index (χ0) is 19.5. The van der Waals surface area contributed by atoms with Gasteiger partial charge in [-0.3, -0.25) is 4.79 Å². The fraction of sp³-hybridized carbons (Fsp3) is 0.333. The number of hydrogen-bond donors (Lipinski definition) is 1. The Bertz CT molecular complexity index is 950. The molecule has 1 saturated heterocycles. The van der Waals surface area contributed by atoms with E-state index < -0.39 is 0 Å². The van der Waals surface area contributed by atoms with Gasteiger partial charge in [-0.05, 0) is 42.8 Å². The summed E-state index contributed by atoms with van der Waals surface area (Å²) >= 11 is 7.79. The fourth-order valence-corrected chi connectivity index (χ4v) is 4.56. The van der Waals surface area contributed by atoms with Crippen LogP contribution in [0.15, 0.2) is 42.5 Å². The summed E-state index contributed by atoms with van der Waals surface area (Å²) < 4.78 is 6.88. The van der Waals surface area contributed by atoms with Gasteiger partial charge in [0.05, 0.1) is 36.4 Å². The molecule has 0 radical (unpaired) electrons.